The molecule has 166 valence electrons. The summed E-state index contributed by atoms with van der Waals surface area (Å²) >= 11 is 0. The predicted octanol–water partition coefficient (Wildman–Crippen LogP) is 5.60. The zero-order chi connectivity index (χ0) is 22.5. The maximum atomic E-state index is 13.6. The number of methoxy groups -OCH3 is 1. The second-order valence-corrected chi connectivity index (χ2v) is 7.82. The molecule has 1 aliphatic heterocycles. The van der Waals surface area contributed by atoms with Crippen LogP contribution in [0.25, 0.3) is 0 Å². The molecule has 0 bridgehead atoms. The summed E-state index contributed by atoms with van der Waals surface area (Å²) in [5, 5.41) is 0. The van der Waals surface area contributed by atoms with Crippen LogP contribution in [0.1, 0.15) is 41.7 Å². The van der Waals surface area contributed by atoms with E-state index < -0.39 is 12.1 Å². The van der Waals surface area contributed by atoms with Crippen LogP contribution in [0.3, 0.4) is 0 Å². The first-order chi connectivity index (χ1) is 15.5. The molecule has 0 spiro atoms. The van der Waals surface area contributed by atoms with Crippen LogP contribution in [0, 0.1) is 11.6 Å². The van der Waals surface area contributed by atoms with Crippen molar-refractivity contribution in [2.45, 2.75) is 31.6 Å². The van der Waals surface area contributed by atoms with Crippen molar-refractivity contribution in [3.63, 3.8) is 0 Å². The molecule has 0 saturated carbocycles. The van der Waals surface area contributed by atoms with Gasteiger partial charge in [-0.1, -0.05) is 36.4 Å². The fourth-order valence-electron chi connectivity index (χ4n) is 4.07. The van der Waals surface area contributed by atoms with E-state index in [0.717, 1.165) is 28.9 Å². The minimum Gasteiger partial charge on any atom is -0.497 e. The first kappa shape index (κ1) is 22.0. The van der Waals surface area contributed by atoms with Crippen molar-refractivity contribution in [2.24, 2.45) is 0 Å². The van der Waals surface area contributed by atoms with Gasteiger partial charge in [0.1, 0.15) is 23.5 Å². The minimum absolute atomic E-state index is 0.0273. The Bertz CT molecular complexity index is 1040. The number of halogens is 2. The standard InChI is InChI=1S/C26H25F2NO3/c1-31-23-14-4-18(5-15-23)17-32-26(20-8-12-22(28)13-9-20)25(29-16-2-3-24(29)30)19-6-10-21(27)11-7-19/h4-15,25-26H,2-3,16-17H2,1H3/t25-,26-/m0/s1. The summed E-state index contributed by atoms with van der Waals surface area (Å²) in [5.74, 6) is 0.0751. The van der Waals surface area contributed by atoms with Crippen molar-refractivity contribution >= 4 is 5.91 Å². The molecule has 0 N–H and O–H groups in total. The Morgan fingerprint density at radius 1 is 0.875 bits per heavy atom. The van der Waals surface area contributed by atoms with Gasteiger partial charge in [0.25, 0.3) is 0 Å². The van der Waals surface area contributed by atoms with E-state index in [2.05, 4.69) is 0 Å². The number of amides is 1. The summed E-state index contributed by atoms with van der Waals surface area (Å²) < 4.78 is 38.9. The number of likely N-dealkylation sites (tertiary alicyclic amines) is 1. The van der Waals surface area contributed by atoms with Gasteiger partial charge in [0.15, 0.2) is 0 Å². The van der Waals surface area contributed by atoms with Crippen LogP contribution in [0.5, 0.6) is 5.75 Å². The maximum absolute atomic E-state index is 13.6. The number of benzene rings is 3. The summed E-state index contributed by atoms with van der Waals surface area (Å²) in [7, 11) is 1.61. The van der Waals surface area contributed by atoms with E-state index in [1.54, 1.807) is 36.3 Å². The summed E-state index contributed by atoms with van der Waals surface area (Å²) in [4.78, 5) is 14.5. The highest BCUT2D eigenvalue weighted by molar-refractivity contribution is 5.78. The van der Waals surface area contributed by atoms with Gasteiger partial charge in [-0.2, -0.15) is 0 Å². The normalized spacial score (nSPS) is 15.6. The van der Waals surface area contributed by atoms with Crippen LogP contribution in [0.2, 0.25) is 0 Å². The van der Waals surface area contributed by atoms with E-state index in [0.29, 0.717) is 13.0 Å². The number of rotatable bonds is 8. The first-order valence-corrected chi connectivity index (χ1v) is 10.6. The quantitative estimate of drug-likeness (QED) is 0.461. The highest BCUT2D eigenvalue weighted by atomic mass is 19.1. The van der Waals surface area contributed by atoms with E-state index >= 15 is 0 Å². The van der Waals surface area contributed by atoms with Gasteiger partial charge in [0.05, 0.1) is 19.8 Å². The average molecular weight is 437 g/mol. The van der Waals surface area contributed by atoms with Crippen molar-refractivity contribution in [1.29, 1.82) is 0 Å². The summed E-state index contributed by atoms with van der Waals surface area (Å²) in [6.45, 7) is 0.871. The fraction of sp³-hybridized carbons (Fsp3) is 0.269. The molecule has 6 heteroatoms. The fourth-order valence-corrected chi connectivity index (χ4v) is 4.07. The topological polar surface area (TPSA) is 38.8 Å². The second-order valence-electron chi connectivity index (χ2n) is 7.82. The Kier molecular flexibility index (Phi) is 6.81. The molecule has 1 aliphatic rings. The second kappa shape index (κ2) is 9.92. The number of hydrogen-bond donors (Lipinski definition) is 0. The van der Waals surface area contributed by atoms with Gasteiger partial charge in [-0.05, 0) is 59.5 Å². The molecule has 0 aromatic heterocycles. The minimum atomic E-state index is -0.565. The van der Waals surface area contributed by atoms with Crippen molar-refractivity contribution in [3.8, 4) is 5.75 Å². The Morgan fingerprint density at radius 3 is 2.00 bits per heavy atom. The van der Waals surface area contributed by atoms with E-state index in [1.165, 1.54) is 24.3 Å². The number of hydrogen-bond acceptors (Lipinski definition) is 3. The zero-order valence-electron chi connectivity index (χ0n) is 17.8. The third-order valence-corrected chi connectivity index (χ3v) is 5.73. The molecule has 3 aromatic rings. The molecule has 4 nitrogen and oxygen atoms in total. The smallest absolute Gasteiger partial charge is 0.223 e. The Labute approximate surface area is 186 Å². The van der Waals surface area contributed by atoms with Crippen LogP contribution >= 0.6 is 0 Å². The van der Waals surface area contributed by atoms with Crippen LogP contribution in [-0.2, 0) is 16.1 Å². The molecule has 2 atom stereocenters. The Balaban J connectivity index is 1.70. The molecule has 1 heterocycles. The summed E-state index contributed by atoms with van der Waals surface area (Å²) in [5.41, 5.74) is 2.45. The van der Waals surface area contributed by atoms with Crippen molar-refractivity contribution < 1.29 is 23.0 Å². The average Bonchev–Trinajstić information content (AvgIpc) is 3.24. The number of ether oxygens (including phenoxy) is 2. The van der Waals surface area contributed by atoms with E-state index in [-0.39, 0.29) is 24.1 Å². The summed E-state index contributed by atoms with van der Waals surface area (Å²) in [6, 6.07) is 19.3. The van der Waals surface area contributed by atoms with Gasteiger partial charge >= 0.3 is 0 Å². The van der Waals surface area contributed by atoms with Crippen molar-refractivity contribution in [2.75, 3.05) is 13.7 Å². The third-order valence-electron chi connectivity index (χ3n) is 5.73. The molecule has 32 heavy (non-hydrogen) atoms. The Hall–Kier alpha value is -3.25. The predicted molar refractivity (Wildman–Crippen MR) is 117 cm³/mol. The number of carbonyl (C=O) groups excluding carboxylic acids is 1. The van der Waals surface area contributed by atoms with Crippen molar-refractivity contribution in [1.82, 2.24) is 4.90 Å². The molecular weight excluding hydrogens is 412 g/mol. The highest BCUT2D eigenvalue weighted by Crippen LogP contribution is 2.40. The summed E-state index contributed by atoms with van der Waals surface area (Å²) in [6.07, 6.45) is 0.655. The molecule has 0 unspecified atom stereocenters. The first-order valence-electron chi connectivity index (χ1n) is 10.6. The van der Waals surface area contributed by atoms with E-state index in [9.17, 15) is 13.6 Å². The molecule has 1 fully saturated rings. The Morgan fingerprint density at radius 2 is 1.47 bits per heavy atom. The molecule has 1 amide bonds. The molecule has 3 aromatic carbocycles. The monoisotopic (exact) mass is 437 g/mol. The lowest BCUT2D eigenvalue weighted by Crippen LogP contribution is -2.35. The number of nitrogens with zero attached hydrogens (tertiary/aromatic N) is 1. The lowest BCUT2D eigenvalue weighted by molar-refractivity contribution is -0.134. The van der Waals surface area contributed by atoms with Gasteiger partial charge in [-0.3, -0.25) is 4.79 Å². The highest BCUT2D eigenvalue weighted by Gasteiger charge is 2.36. The maximum Gasteiger partial charge on any atom is 0.223 e. The van der Waals surface area contributed by atoms with Gasteiger partial charge in [0.2, 0.25) is 5.91 Å². The molecule has 0 radical (unpaired) electrons. The lowest BCUT2D eigenvalue weighted by Gasteiger charge is -2.35. The van der Waals surface area contributed by atoms with E-state index in [1.807, 2.05) is 24.3 Å². The molecular formula is C26H25F2NO3. The largest absolute Gasteiger partial charge is 0.497 e. The molecule has 1 saturated heterocycles. The van der Waals surface area contributed by atoms with Gasteiger partial charge in [-0.25, -0.2) is 8.78 Å². The van der Waals surface area contributed by atoms with Gasteiger partial charge in [-0.15, -0.1) is 0 Å². The van der Waals surface area contributed by atoms with Crippen molar-refractivity contribution in [3.05, 3.63) is 101 Å². The van der Waals surface area contributed by atoms with Crippen LogP contribution in [-0.4, -0.2) is 24.5 Å². The lowest BCUT2D eigenvalue weighted by atomic mass is 9.94. The SMILES string of the molecule is COc1ccc(CO[C@@H](c2ccc(F)cc2)[C@H](c2ccc(F)cc2)N2CCCC2=O)cc1. The zero-order valence-corrected chi connectivity index (χ0v) is 17.8. The van der Waals surface area contributed by atoms with Crippen LogP contribution in [0.4, 0.5) is 8.78 Å². The number of carbonyl (C=O) groups is 1. The van der Waals surface area contributed by atoms with Crippen LogP contribution in [0.15, 0.2) is 72.8 Å². The third kappa shape index (κ3) is 4.97. The van der Waals surface area contributed by atoms with Crippen LogP contribution < -0.4 is 4.74 Å². The van der Waals surface area contributed by atoms with Gasteiger partial charge < -0.3 is 14.4 Å². The van der Waals surface area contributed by atoms with E-state index in [4.69, 9.17) is 9.47 Å². The van der Waals surface area contributed by atoms with Gasteiger partial charge in [0, 0.05) is 13.0 Å². The molecule has 0 aliphatic carbocycles. The molecule has 4 rings (SSSR count).